The number of hydrogen-bond acceptors (Lipinski definition) is 6. The summed E-state index contributed by atoms with van der Waals surface area (Å²) in [4.78, 5) is 38.1. The van der Waals surface area contributed by atoms with Gasteiger partial charge in [-0.25, -0.2) is 0 Å². The van der Waals surface area contributed by atoms with E-state index in [1.165, 1.54) is 51.4 Å². The van der Waals surface area contributed by atoms with Crippen LogP contribution in [0.15, 0.2) is 146 Å². The molecule has 1 atom stereocenters. The smallest absolute Gasteiger partial charge is 0.306 e. The van der Waals surface area contributed by atoms with Gasteiger partial charge >= 0.3 is 17.9 Å². The lowest BCUT2D eigenvalue weighted by molar-refractivity contribution is -0.166. The van der Waals surface area contributed by atoms with E-state index in [0.717, 1.165) is 122 Å². The molecular weight excluding hydrogens is 877 g/mol. The molecule has 0 heterocycles. The zero-order valence-electron chi connectivity index (χ0n) is 45.4. The van der Waals surface area contributed by atoms with Gasteiger partial charge in [0, 0.05) is 19.3 Å². The van der Waals surface area contributed by atoms with Crippen LogP contribution in [0.5, 0.6) is 0 Å². The summed E-state index contributed by atoms with van der Waals surface area (Å²) in [6.45, 7) is 6.29. The van der Waals surface area contributed by atoms with Gasteiger partial charge in [0.2, 0.25) is 0 Å². The molecule has 0 amide bonds. The van der Waals surface area contributed by atoms with Crippen LogP contribution < -0.4 is 0 Å². The molecule has 71 heavy (non-hydrogen) atoms. The second-order valence-electron chi connectivity index (χ2n) is 18.1. The summed E-state index contributed by atoms with van der Waals surface area (Å²) in [6, 6.07) is 0. The highest BCUT2D eigenvalue weighted by atomic mass is 16.6. The molecule has 0 aromatic rings. The predicted molar refractivity (Wildman–Crippen MR) is 306 cm³/mol. The molecule has 398 valence electrons. The Morgan fingerprint density at radius 2 is 0.577 bits per heavy atom. The summed E-state index contributed by atoms with van der Waals surface area (Å²) < 4.78 is 16.8. The van der Waals surface area contributed by atoms with Crippen LogP contribution in [0, 0.1) is 0 Å². The largest absolute Gasteiger partial charge is 0.462 e. The SMILES string of the molecule is CC/C=C\C/C=C\C/C=C\C/C=C\C/C=C\C/C=C\CCC(=O)OCC(COC(=O)CCCCCCC/C=C\CCCCCCCC)OC(=O)CCCCC/C=C\C/C=C\C/C=C\C/C=C\C/C=C\CC. The molecule has 0 aromatic carbocycles. The van der Waals surface area contributed by atoms with Gasteiger partial charge in [-0.2, -0.15) is 0 Å². The lowest BCUT2D eigenvalue weighted by atomic mass is 10.1. The van der Waals surface area contributed by atoms with E-state index in [-0.39, 0.29) is 44.0 Å². The molecular formula is C65H102O6. The average Bonchev–Trinajstić information content (AvgIpc) is 3.37. The minimum Gasteiger partial charge on any atom is -0.462 e. The first-order valence-electron chi connectivity index (χ1n) is 28.3. The molecule has 6 nitrogen and oxygen atoms in total. The van der Waals surface area contributed by atoms with E-state index in [0.29, 0.717) is 19.3 Å². The van der Waals surface area contributed by atoms with Crippen molar-refractivity contribution < 1.29 is 28.6 Å². The number of hydrogen-bond donors (Lipinski definition) is 0. The van der Waals surface area contributed by atoms with E-state index in [9.17, 15) is 14.4 Å². The third kappa shape index (κ3) is 56.1. The van der Waals surface area contributed by atoms with Crippen molar-refractivity contribution in [2.75, 3.05) is 13.2 Å². The Hall–Kier alpha value is -4.71. The molecule has 0 bridgehead atoms. The summed E-state index contributed by atoms with van der Waals surface area (Å²) in [7, 11) is 0. The monoisotopic (exact) mass is 979 g/mol. The van der Waals surface area contributed by atoms with Crippen LogP contribution in [0.1, 0.15) is 226 Å². The predicted octanol–water partition coefficient (Wildman–Crippen LogP) is 19.2. The minimum absolute atomic E-state index is 0.125. The summed E-state index contributed by atoms with van der Waals surface area (Å²) in [5.74, 6) is -1.06. The van der Waals surface area contributed by atoms with E-state index in [1.54, 1.807) is 0 Å². The first-order valence-corrected chi connectivity index (χ1v) is 28.3. The van der Waals surface area contributed by atoms with Crippen LogP contribution in [0.3, 0.4) is 0 Å². The molecule has 6 heteroatoms. The van der Waals surface area contributed by atoms with Gasteiger partial charge in [-0.15, -0.1) is 0 Å². The number of carbonyl (C=O) groups is 3. The molecule has 0 rings (SSSR count). The van der Waals surface area contributed by atoms with Gasteiger partial charge in [0.15, 0.2) is 6.10 Å². The molecule has 0 N–H and O–H groups in total. The minimum atomic E-state index is -0.836. The molecule has 0 aliphatic heterocycles. The summed E-state index contributed by atoms with van der Waals surface area (Å²) >= 11 is 0. The molecule has 0 spiro atoms. The molecule has 0 saturated heterocycles. The number of unbranched alkanes of at least 4 members (excludes halogenated alkanes) is 14. The molecule has 1 unspecified atom stereocenters. The van der Waals surface area contributed by atoms with Crippen molar-refractivity contribution in [2.45, 2.75) is 232 Å². The fourth-order valence-electron chi connectivity index (χ4n) is 7.13. The number of carbonyl (C=O) groups excluding carboxylic acids is 3. The van der Waals surface area contributed by atoms with Crippen LogP contribution in [0.2, 0.25) is 0 Å². The Morgan fingerprint density at radius 3 is 0.972 bits per heavy atom. The first kappa shape index (κ1) is 66.3. The molecule has 0 fully saturated rings. The van der Waals surface area contributed by atoms with Crippen molar-refractivity contribution >= 4 is 17.9 Å². The van der Waals surface area contributed by atoms with Crippen LogP contribution in [0.4, 0.5) is 0 Å². The average molecular weight is 980 g/mol. The Balaban J connectivity index is 4.61. The van der Waals surface area contributed by atoms with Crippen molar-refractivity contribution in [2.24, 2.45) is 0 Å². The standard InChI is InChI=1S/C65H102O6/c1-4-7-10-13-16-19-22-25-28-30-32-34-37-40-43-46-49-52-55-58-64(67)70-61-62(60-69-63(66)57-54-51-48-45-42-39-36-27-24-21-18-15-12-9-6-3)71-65(68)59-56-53-50-47-44-41-38-35-33-31-29-26-23-20-17-14-11-8-5-2/h7-8,10-11,16-17,19-20,25-29,32-36,40-41,43-44,49,52,62H,4-6,9,12-15,18,21-24,30-31,37-39,42,45-48,50-51,53-61H2,1-3H3/b10-7-,11-8-,19-16-,20-17-,28-25-,29-26-,34-32-,35-33-,36-27-,43-40-,44-41-,52-49-. The van der Waals surface area contributed by atoms with Crippen LogP contribution in [-0.2, 0) is 28.6 Å². The number of ether oxygens (including phenoxy) is 3. The summed E-state index contributed by atoms with van der Waals surface area (Å²) in [5, 5.41) is 0. The van der Waals surface area contributed by atoms with Crippen molar-refractivity contribution in [3.63, 3.8) is 0 Å². The fraction of sp³-hybridized carbons (Fsp3) is 0.585. The highest BCUT2D eigenvalue weighted by Crippen LogP contribution is 2.12. The topological polar surface area (TPSA) is 78.9 Å². The Kier molecular flexibility index (Phi) is 54.0. The van der Waals surface area contributed by atoms with E-state index < -0.39 is 6.10 Å². The van der Waals surface area contributed by atoms with Gasteiger partial charge in [0.1, 0.15) is 13.2 Å². The van der Waals surface area contributed by atoms with Gasteiger partial charge in [0.05, 0.1) is 0 Å². The Labute approximate surface area is 436 Å². The zero-order valence-corrected chi connectivity index (χ0v) is 45.4. The maximum Gasteiger partial charge on any atom is 0.306 e. The van der Waals surface area contributed by atoms with Gasteiger partial charge in [-0.05, 0) is 128 Å². The van der Waals surface area contributed by atoms with Crippen molar-refractivity contribution in [1.82, 2.24) is 0 Å². The highest BCUT2D eigenvalue weighted by molar-refractivity contribution is 5.71. The third-order valence-corrected chi connectivity index (χ3v) is 11.3. The van der Waals surface area contributed by atoms with E-state index in [1.807, 2.05) is 12.2 Å². The molecule has 0 aromatic heterocycles. The summed E-state index contributed by atoms with van der Waals surface area (Å²) in [5.41, 5.74) is 0. The third-order valence-electron chi connectivity index (χ3n) is 11.3. The Bertz CT molecular complexity index is 1590. The molecule has 0 aliphatic carbocycles. The second-order valence-corrected chi connectivity index (χ2v) is 18.1. The van der Waals surface area contributed by atoms with Crippen LogP contribution >= 0.6 is 0 Å². The lowest BCUT2D eigenvalue weighted by Gasteiger charge is -2.18. The van der Waals surface area contributed by atoms with Gasteiger partial charge in [-0.1, -0.05) is 224 Å². The van der Waals surface area contributed by atoms with Crippen molar-refractivity contribution in [3.05, 3.63) is 146 Å². The Morgan fingerprint density at radius 1 is 0.296 bits per heavy atom. The fourth-order valence-corrected chi connectivity index (χ4v) is 7.13. The van der Waals surface area contributed by atoms with Crippen molar-refractivity contribution in [1.29, 1.82) is 0 Å². The lowest BCUT2D eigenvalue weighted by Crippen LogP contribution is -2.30. The highest BCUT2D eigenvalue weighted by Gasteiger charge is 2.19. The summed E-state index contributed by atoms with van der Waals surface area (Å²) in [6.07, 6.45) is 82.7. The zero-order chi connectivity index (χ0) is 51.4. The van der Waals surface area contributed by atoms with Crippen LogP contribution in [0.25, 0.3) is 0 Å². The van der Waals surface area contributed by atoms with E-state index in [4.69, 9.17) is 14.2 Å². The van der Waals surface area contributed by atoms with Crippen molar-refractivity contribution in [3.8, 4) is 0 Å². The van der Waals surface area contributed by atoms with Gasteiger partial charge in [0.25, 0.3) is 0 Å². The maximum atomic E-state index is 12.9. The van der Waals surface area contributed by atoms with Crippen LogP contribution in [-0.4, -0.2) is 37.2 Å². The molecule has 0 radical (unpaired) electrons. The number of rotatable bonds is 49. The van der Waals surface area contributed by atoms with E-state index >= 15 is 0 Å². The maximum absolute atomic E-state index is 12.9. The number of esters is 3. The second kappa shape index (κ2) is 57.9. The quantitative estimate of drug-likeness (QED) is 0.0262. The molecule has 0 saturated carbocycles. The normalized spacial score (nSPS) is 13.2. The van der Waals surface area contributed by atoms with E-state index in [2.05, 4.69) is 154 Å². The molecule has 0 aliphatic rings. The van der Waals surface area contributed by atoms with Gasteiger partial charge in [-0.3, -0.25) is 14.4 Å². The first-order chi connectivity index (χ1) is 35.0. The number of allylic oxidation sites excluding steroid dienone is 24. The van der Waals surface area contributed by atoms with Gasteiger partial charge < -0.3 is 14.2 Å².